The molecule has 0 fully saturated rings. The van der Waals surface area contributed by atoms with Crippen LogP contribution in [0.1, 0.15) is 10.4 Å². The number of carbonyl (C=O) groups excluding carboxylic acids is 2. The number of amides is 2. The molecule has 0 aliphatic carbocycles. The molecule has 1 heterocycles. The second-order valence-corrected chi connectivity index (χ2v) is 6.83. The average Bonchev–Trinajstić information content (AvgIpc) is 2.63. The zero-order chi connectivity index (χ0) is 13.0. The standard InChI is InChI=1S/C9H10Br2N2O3S/c1-12-9(16)5(14)3-13-8(15)4-2-6(10)17-7(4)11/h2,5,14H,3H2,1H3,(H,12,16)(H,13,15). The highest BCUT2D eigenvalue weighted by atomic mass is 79.9. The summed E-state index contributed by atoms with van der Waals surface area (Å²) in [5.41, 5.74) is 0.464. The van der Waals surface area contributed by atoms with E-state index in [0.717, 1.165) is 3.79 Å². The molecule has 0 saturated carbocycles. The van der Waals surface area contributed by atoms with Gasteiger partial charge in [0.25, 0.3) is 5.91 Å². The van der Waals surface area contributed by atoms with Gasteiger partial charge in [0.1, 0.15) is 6.10 Å². The molecule has 0 saturated heterocycles. The summed E-state index contributed by atoms with van der Waals surface area (Å²) in [7, 11) is 1.42. The Kier molecular flexibility index (Phi) is 5.57. The smallest absolute Gasteiger partial charge is 0.253 e. The molecule has 0 radical (unpaired) electrons. The van der Waals surface area contributed by atoms with Crippen molar-refractivity contribution in [1.82, 2.24) is 10.6 Å². The molecule has 5 nitrogen and oxygen atoms in total. The predicted octanol–water partition coefficient (Wildman–Crippen LogP) is 1.11. The summed E-state index contributed by atoms with van der Waals surface area (Å²) in [6.45, 7) is -0.127. The minimum Gasteiger partial charge on any atom is -0.381 e. The lowest BCUT2D eigenvalue weighted by Crippen LogP contribution is -2.41. The summed E-state index contributed by atoms with van der Waals surface area (Å²) in [5.74, 6) is -0.877. The first-order valence-electron chi connectivity index (χ1n) is 4.58. The fourth-order valence-electron chi connectivity index (χ4n) is 1.04. The average molecular weight is 386 g/mol. The molecular formula is C9H10Br2N2O3S. The lowest BCUT2D eigenvalue weighted by molar-refractivity contribution is -0.128. The molecule has 0 aliphatic heterocycles. The number of aliphatic hydroxyl groups excluding tert-OH is 1. The summed E-state index contributed by atoms with van der Waals surface area (Å²) >= 11 is 7.89. The van der Waals surface area contributed by atoms with E-state index in [4.69, 9.17) is 0 Å². The summed E-state index contributed by atoms with van der Waals surface area (Å²) in [6.07, 6.45) is -1.25. The second-order valence-electron chi connectivity index (χ2n) is 3.08. The van der Waals surface area contributed by atoms with Crippen LogP contribution in [0, 0.1) is 0 Å². The molecule has 2 amide bonds. The van der Waals surface area contributed by atoms with Crippen molar-refractivity contribution in [2.45, 2.75) is 6.10 Å². The normalized spacial score (nSPS) is 12.0. The third-order valence-electron chi connectivity index (χ3n) is 1.91. The maximum atomic E-state index is 11.7. The van der Waals surface area contributed by atoms with Crippen molar-refractivity contribution in [2.75, 3.05) is 13.6 Å². The molecule has 1 aromatic heterocycles. The highest BCUT2D eigenvalue weighted by Gasteiger charge is 2.17. The van der Waals surface area contributed by atoms with Crippen molar-refractivity contribution in [3.05, 3.63) is 19.2 Å². The van der Waals surface area contributed by atoms with Crippen molar-refractivity contribution in [3.63, 3.8) is 0 Å². The van der Waals surface area contributed by atoms with Crippen LogP contribution in [0.2, 0.25) is 0 Å². The van der Waals surface area contributed by atoms with Gasteiger partial charge < -0.3 is 15.7 Å². The number of hydrogen-bond acceptors (Lipinski definition) is 4. The van der Waals surface area contributed by atoms with Gasteiger partial charge in [-0.1, -0.05) is 0 Å². The van der Waals surface area contributed by atoms with Crippen LogP contribution in [0.3, 0.4) is 0 Å². The number of carbonyl (C=O) groups is 2. The minimum atomic E-state index is -1.25. The molecular weight excluding hydrogens is 376 g/mol. The van der Waals surface area contributed by atoms with E-state index in [9.17, 15) is 14.7 Å². The largest absolute Gasteiger partial charge is 0.381 e. The van der Waals surface area contributed by atoms with Gasteiger partial charge in [0.15, 0.2) is 0 Å². The number of thiophene rings is 1. The first-order chi connectivity index (χ1) is 7.95. The molecule has 94 valence electrons. The van der Waals surface area contributed by atoms with Crippen molar-refractivity contribution in [1.29, 1.82) is 0 Å². The van der Waals surface area contributed by atoms with Gasteiger partial charge >= 0.3 is 0 Å². The highest BCUT2D eigenvalue weighted by molar-refractivity contribution is 9.12. The van der Waals surface area contributed by atoms with E-state index < -0.39 is 12.0 Å². The van der Waals surface area contributed by atoms with Crippen LogP contribution >= 0.6 is 43.2 Å². The number of nitrogens with one attached hydrogen (secondary N) is 2. The molecule has 1 rings (SSSR count). The van der Waals surface area contributed by atoms with Crippen molar-refractivity contribution >= 4 is 55.0 Å². The first kappa shape index (κ1) is 14.6. The van der Waals surface area contributed by atoms with Gasteiger partial charge in [0, 0.05) is 7.05 Å². The number of halogens is 2. The van der Waals surface area contributed by atoms with Crippen LogP contribution < -0.4 is 10.6 Å². The molecule has 17 heavy (non-hydrogen) atoms. The molecule has 1 aromatic rings. The van der Waals surface area contributed by atoms with Gasteiger partial charge in [-0.3, -0.25) is 9.59 Å². The SMILES string of the molecule is CNC(=O)C(O)CNC(=O)c1cc(Br)sc1Br. The van der Waals surface area contributed by atoms with Crippen molar-refractivity contribution < 1.29 is 14.7 Å². The Labute approximate surface area is 119 Å². The number of likely N-dealkylation sites (N-methyl/N-ethyl adjacent to an activating group) is 1. The van der Waals surface area contributed by atoms with Crippen LogP contribution in [-0.4, -0.2) is 36.6 Å². The van der Waals surface area contributed by atoms with Gasteiger partial charge in [-0.25, -0.2) is 0 Å². The third-order valence-corrected chi connectivity index (χ3v) is 4.25. The lowest BCUT2D eigenvalue weighted by atomic mass is 10.3. The summed E-state index contributed by atoms with van der Waals surface area (Å²) in [5, 5.41) is 14.1. The molecule has 0 bridgehead atoms. The molecule has 0 aromatic carbocycles. The monoisotopic (exact) mass is 384 g/mol. The Morgan fingerprint density at radius 2 is 2.18 bits per heavy atom. The molecule has 3 N–H and O–H groups in total. The van der Waals surface area contributed by atoms with Crippen molar-refractivity contribution in [3.8, 4) is 0 Å². The molecule has 1 atom stereocenters. The van der Waals surface area contributed by atoms with E-state index >= 15 is 0 Å². The van der Waals surface area contributed by atoms with E-state index in [2.05, 4.69) is 42.5 Å². The van der Waals surface area contributed by atoms with Gasteiger partial charge in [0.2, 0.25) is 5.91 Å². The van der Waals surface area contributed by atoms with E-state index in [0.29, 0.717) is 9.35 Å². The molecule has 8 heteroatoms. The van der Waals surface area contributed by atoms with Crippen LogP contribution in [0.4, 0.5) is 0 Å². The number of rotatable bonds is 4. The van der Waals surface area contributed by atoms with Crippen LogP contribution in [-0.2, 0) is 4.79 Å². The fourth-order valence-corrected chi connectivity index (χ4v) is 3.83. The van der Waals surface area contributed by atoms with Crippen LogP contribution in [0.5, 0.6) is 0 Å². The maximum absolute atomic E-state index is 11.7. The summed E-state index contributed by atoms with van der Waals surface area (Å²) in [4.78, 5) is 22.7. The van der Waals surface area contributed by atoms with Gasteiger partial charge in [-0.05, 0) is 37.9 Å². The summed E-state index contributed by atoms with van der Waals surface area (Å²) in [6, 6.07) is 1.66. The zero-order valence-electron chi connectivity index (χ0n) is 8.79. The highest BCUT2D eigenvalue weighted by Crippen LogP contribution is 2.31. The Balaban J connectivity index is 2.56. The fraction of sp³-hybridized carbons (Fsp3) is 0.333. The Bertz CT molecular complexity index is 436. The number of aliphatic hydroxyl groups is 1. The summed E-state index contributed by atoms with van der Waals surface area (Å²) < 4.78 is 1.51. The third kappa shape index (κ3) is 4.06. The van der Waals surface area contributed by atoms with Gasteiger partial charge in [-0.2, -0.15) is 0 Å². The van der Waals surface area contributed by atoms with Gasteiger partial charge in [0.05, 0.1) is 19.7 Å². The Morgan fingerprint density at radius 3 is 2.65 bits per heavy atom. The zero-order valence-corrected chi connectivity index (χ0v) is 12.8. The molecule has 1 unspecified atom stereocenters. The maximum Gasteiger partial charge on any atom is 0.253 e. The lowest BCUT2D eigenvalue weighted by Gasteiger charge is -2.09. The topological polar surface area (TPSA) is 78.4 Å². The minimum absolute atomic E-state index is 0.127. The van der Waals surface area contributed by atoms with E-state index in [-0.39, 0.29) is 12.5 Å². The van der Waals surface area contributed by atoms with Gasteiger partial charge in [-0.15, -0.1) is 11.3 Å². The Morgan fingerprint density at radius 1 is 1.53 bits per heavy atom. The van der Waals surface area contributed by atoms with Crippen LogP contribution in [0.25, 0.3) is 0 Å². The van der Waals surface area contributed by atoms with Crippen LogP contribution in [0.15, 0.2) is 13.6 Å². The van der Waals surface area contributed by atoms with Crippen molar-refractivity contribution in [2.24, 2.45) is 0 Å². The Hall–Kier alpha value is -0.440. The first-order valence-corrected chi connectivity index (χ1v) is 6.98. The number of hydrogen-bond donors (Lipinski definition) is 3. The van der Waals surface area contributed by atoms with E-state index in [1.807, 2.05) is 0 Å². The predicted molar refractivity (Wildman–Crippen MR) is 72.1 cm³/mol. The molecule has 0 aliphatic rings. The van der Waals surface area contributed by atoms with E-state index in [1.165, 1.54) is 18.4 Å². The van der Waals surface area contributed by atoms with E-state index in [1.54, 1.807) is 6.07 Å². The second kappa shape index (κ2) is 6.48. The quantitative estimate of drug-likeness (QED) is 0.726. The molecule has 0 spiro atoms.